The predicted octanol–water partition coefficient (Wildman–Crippen LogP) is 2.46. The van der Waals surface area contributed by atoms with Gasteiger partial charge >= 0.3 is 5.97 Å². The Bertz CT molecular complexity index is 426. The number of unbranched alkanes of at least 4 members (excludes halogenated alkanes) is 1. The molecule has 1 amide bonds. The Hall–Kier alpha value is -2.10. The van der Waals surface area contributed by atoms with Gasteiger partial charge in [-0.2, -0.15) is 0 Å². The summed E-state index contributed by atoms with van der Waals surface area (Å²) in [6.45, 7) is 2.63. The molecule has 0 radical (unpaired) electrons. The summed E-state index contributed by atoms with van der Waals surface area (Å²) in [4.78, 5) is 23.9. The first-order chi connectivity index (χ1) is 8.65. The molecule has 0 heterocycles. The van der Waals surface area contributed by atoms with Crippen LogP contribution in [0.1, 0.15) is 19.8 Å². The molecule has 1 aromatic carbocycles. The van der Waals surface area contributed by atoms with Gasteiger partial charge in [-0.1, -0.05) is 31.5 Å². The van der Waals surface area contributed by atoms with Crippen LogP contribution in [0.15, 0.2) is 42.5 Å². The molecular formula is C14H17NO3. The molecule has 4 nitrogen and oxygen atoms in total. The molecule has 18 heavy (non-hydrogen) atoms. The van der Waals surface area contributed by atoms with Crippen molar-refractivity contribution in [2.45, 2.75) is 19.8 Å². The van der Waals surface area contributed by atoms with E-state index in [1.807, 2.05) is 37.3 Å². The number of amides is 1. The zero-order valence-electron chi connectivity index (χ0n) is 10.4. The molecule has 1 aromatic rings. The molecule has 0 spiro atoms. The molecule has 1 N–H and O–H groups in total. The maximum Gasteiger partial charge on any atom is 0.328 e. The maximum atomic E-state index is 11.9. The van der Waals surface area contributed by atoms with Gasteiger partial charge in [-0.05, 0) is 18.6 Å². The zero-order valence-corrected chi connectivity index (χ0v) is 10.4. The van der Waals surface area contributed by atoms with Crippen LogP contribution in [0, 0.1) is 0 Å². The van der Waals surface area contributed by atoms with E-state index >= 15 is 0 Å². The quantitative estimate of drug-likeness (QED) is 0.785. The number of carboxylic acids is 1. The largest absolute Gasteiger partial charge is 0.478 e. The summed E-state index contributed by atoms with van der Waals surface area (Å²) in [6.07, 6.45) is 3.80. The normalized spacial score (nSPS) is 10.5. The molecule has 0 saturated heterocycles. The number of benzene rings is 1. The van der Waals surface area contributed by atoms with Gasteiger partial charge in [-0.3, -0.25) is 4.79 Å². The molecule has 0 bridgehead atoms. The van der Waals surface area contributed by atoms with Gasteiger partial charge in [0.15, 0.2) is 0 Å². The SMILES string of the molecule is CCCCN(C(=O)C=CC(=O)O)c1ccccc1. The van der Waals surface area contributed by atoms with Crippen LogP contribution < -0.4 is 4.90 Å². The topological polar surface area (TPSA) is 57.6 Å². The summed E-state index contributed by atoms with van der Waals surface area (Å²) >= 11 is 0. The fourth-order valence-electron chi connectivity index (χ4n) is 1.52. The molecule has 0 aliphatic carbocycles. The Labute approximate surface area is 107 Å². The number of hydrogen-bond acceptors (Lipinski definition) is 2. The minimum Gasteiger partial charge on any atom is -0.478 e. The number of rotatable bonds is 6. The first-order valence-corrected chi connectivity index (χ1v) is 5.92. The van der Waals surface area contributed by atoms with Crippen molar-refractivity contribution in [3.8, 4) is 0 Å². The highest BCUT2D eigenvalue weighted by molar-refractivity contribution is 6.04. The van der Waals surface area contributed by atoms with Gasteiger partial charge in [0.2, 0.25) is 0 Å². The Morgan fingerprint density at radius 1 is 1.22 bits per heavy atom. The lowest BCUT2D eigenvalue weighted by molar-refractivity contribution is -0.131. The number of carbonyl (C=O) groups is 2. The monoisotopic (exact) mass is 247 g/mol. The van der Waals surface area contributed by atoms with Gasteiger partial charge in [0, 0.05) is 24.4 Å². The number of anilines is 1. The van der Waals surface area contributed by atoms with Crippen LogP contribution in [-0.2, 0) is 9.59 Å². The van der Waals surface area contributed by atoms with Crippen LogP contribution >= 0.6 is 0 Å². The lowest BCUT2D eigenvalue weighted by Crippen LogP contribution is -2.30. The zero-order chi connectivity index (χ0) is 13.4. The summed E-state index contributed by atoms with van der Waals surface area (Å²) in [5, 5.41) is 8.53. The lowest BCUT2D eigenvalue weighted by Gasteiger charge is -2.21. The van der Waals surface area contributed by atoms with Crippen molar-refractivity contribution in [2.24, 2.45) is 0 Å². The van der Waals surface area contributed by atoms with E-state index < -0.39 is 5.97 Å². The van der Waals surface area contributed by atoms with Gasteiger partial charge in [0.1, 0.15) is 0 Å². The molecule has 0 atom stereocenters. The van der Waals surface area contributed by atoms with Crippen molar-refractivity contribution in [2.75, 3.05) is 11.4 Å². The molecule has 1 rings (SSSR count). The average molecular weight is 247 g/mol. The Kier molecular flexibility index (Phi) is 5.64. The van der Waals surface area contributed by atoms with E-state index in [4.69, 9.17) is 5.11 Å². The third-order valence-electron chi connectivity index (χ3n) is 2.44. The van der Waals surface area contributed by atoms with Crippen LogP contribution in [0.25, 0.3) is 0 Å². The van der Waals surface area contributed by atoms with Crippen LogP contribution in [0.2, 0.25) is 0 Å². The highest BCUT2D eigenvalue weighted by atomic mass is 16.4. The summed E-state index contributed by atoms with van der Waals surface area (Å²) in [6, 6.07) is 9.24. The number of para-hydroxylation sites is 1. The van der Waals surface area contributed by atoms with Crippen molar-refractivity contribution < 1.29 is 14.7 Å². The molecule has 4 heteroatoms. The van der Waals surface area contributed by atoms with E-state index in [1.54, 1.807) is 4.90 Å². The second-order valence-corrected chi connectivity index (χ2v) is 3.85. The third-order valence-corrected chi connectivity index (χ3v) is 2.44. The van der Waals surface area contributed by atoms with Crippen molar-refractivity contribution in [3.05, 3.63) is 42.5 Å². The van der Waals surface area contributed by atoms with Gasteiger partial charge in [0.25, 0.3) is 5.91 Å². The molecular weight excluding hydrogens is 230 g/mol. The summed E-state index contributed by atoms with van der Waals surface area (Å²) in [5.74, 6) is -1.43. The van der Waals surface area contributed by atoms with Gasteiger partial charge < -0.3 is 10.0 Å². The van der Waals surface area contributed by atoms with Crippen LogP contribution in [-0.4, -0.2) is 23.5 Å². The van der Waals surface area contributed by atoms with Gasteiger partial charge in [-0.15, -0.1) is 0 Å². The average Bonchev–Trinajstić information content (AvgIpc) is 2.38. The first kappa shape index (κ1) is 14.0. The van der Waals surface area contributed by atoms with Crippen molar-refractivity contribution in [3.63, 3.8) is 0 Å². The minimum absolute atomic E-state index is 0.308. The molecule has 0 aromatic heterocycles. The Morgan fingerprint density at radius 2 is 1.89 bits per heavy atom. The summed E-state index contributed by atoms with van der Waals surface area (Å²) in [5.41, 5.74) is 0.783. The molecule has 0 fully saturated rings. The molecule has 0 aliphatic rings. The molecule has 0 saturated carbocycles. The molecule has 96 valence electrons. The van der Waals surface area contributed by atoms with E-state index in [0.29, 0.717) is 6.54 Å². The highest BCUT2D eigenvalue weighted by Gasteiger charge is 2.12. The fourth-order valence-corrected chi connectivity index (χ4v) is 1.52. The van der Waals surface area contributed by atoms with Gasteiger partial charge in [0.05, 0.1) is 0 Å². The van der Waals surface area contributed by atoms with Crippen LogP contribution in [0.3, 0.4) is 0 Å². The minimum atomic E-state index is -1.12. The number of carbonyl (C=O) groups excluding carboxylic acids is 1. The van der Waals surface area contributed by atoms with Gasteiger partial charge in [-0.25, -0.2) is 4.79 Å². The lowest BCUT2D eigenvalue weighted by atomic mass is 10.2. The second-order valence-electron chi connectivity index (χ2n) is 3.85. The maximum absolute atomic E-state index is 11.9. The van der Waals surface area contributed by atoms with Crippen molar-refractivity contribution in [1.29, 1.82) is 0 Å². The Morgan fingerprint density at radius 3 is 2.44 bits per heavy atom. The Balaban J connectivity index is 2.84. The fraction of sp³-hybridized carbons (Fsp3) is 0.286. The van der Waals surface area contributed by atoms with E-state index in [1.165, 1.54) is 0 Å². The van der Waals surface area contributed by atoms with E-state index in [0.717, 1.165) is 30.7 Å². The predicted molar refractivity (Wildman–Crippen MR) is 70.5 cm³/mol. The standard InChI is InChI=1S/C14H17NO3/c1-2-3-11-15(12-7-5-4-6-8-12)13(16)9-10-14(17)18/h4-10H,2-3,11H2,1H3,(H,17,18). The number of nitrogens with zero attached hydrogens (tertiary/aromatic N) is 1. The highest BCUT2D eigenvalue weighted by Crippen LogP contribution is 2.14. The number of carboxylic acid groups (broad SMARTS) is 1. The smallest absolute Gasteiger partial charge is 0.328 e. The van der Waals surface area contributed by atoms with Crippen LogP contribution in [0.5, 0.6) is 0 Å². The van der Waals surface area contributed by atoms with Crippen LogP contribution in [0.4, 0.5) is 5.69 Å². The van der Waals surface area contributed by atoms with Crippen molar-refractivity contribution >= 4 is 17.6 Å². The molecule has 0 unspecified atom stereocenters. The summed E-state index contributed by atoms with van der Waals surface area (Å²) < 4.78 is 0. The second kappa shape index (κ2) is 7.27. The van der Waals surface area contributed by atoms with E-state index in [9.17, 15) is 9.59 Å². The molecule has 0 aliphatic heterocycles. The first-order valence-electron chi connectivity index (χ1n) is 5.92. The van der Waals surface area contributed by atoms with Crippen molar-refractivity contribution in [1.82, 2.24) is 0 Å². The van der Waals surface area contributed by atoms with E-state index in [2.05, 4.69) is 0 Å². The van der Waals surface area contributed by atoms with E-state index in [-0.39, 0.29) is 5.91 Å². The number of aliphatic carboxylic acids is 1. The number of hydrogen-bond donors (Lipinski definition) is 1. The summed E-state index contributed by atoms with van der Waals surface area (Å²) in [7, 11) is 0. The third kappa shape index (κ3) is 4.41.